The van der Waals surface area contributed by atoms with Gasteiger partial charge in [0.05, 0.1) is 5.56 Å². The molecule has 1 aromatic rings. The predicted molar refractivity (Wildman–Crippen MR) is 364 cm³/mol. The number of esters is 1. The molecular weight excluding hydrogens is 1030 g/mol. The lowest BCUT2D eigenvalue weighted by Crippen LogP contribution is -2.24. The number of hydrogen-bond acceptors (Lipinski definition) is 5. The van der Waals surface area contributed by atoms with Crippen LogP contribution in [0.25, 0.3) is 0 Å². The molecule has 0 aliphatic carbocycles. The van der Waals surface area contributed by atoms with Crippen molar-refractivity contribution in [2.75, 3.05) is 11.9 Å². The summed E-state index contributed by atoms with van der Waals surface area (Å²) in [7, 11) is 0. The van der Waals surface area contributed by atoms with Crippen LogP contribution in [0.2, 0.25) is 0 Å². The quantitative estimate of drug-likeness (QED) is 0.0223. The fourth-order valence-corrected chi connectivity index (χ4v) is 7.72. The van der Waals surface area contributed by atoms with Crippen LogP contribution in [-0.4, -0.2) is 30.1 Å². The molecule has 2 N–H and O–H groups in total. The Morgan fingerprint density at radius 2 is 0.643 bits per heavy atom. The minimum absolute atomic E-state index is 0.0247. The Balaban J connectivity index is 2.63. The Hall–Kier alpha value is -7.38. The second kappa shape index (κ2) is 60.2. The van der Waals surface area contributed by atoms with E-state index in [9.17, 15) is 19.2 Å². The lowest BCUT2D eigenvalue weighted by Gasteiger charge is -2.12. The van der Waals surface area contributed by atoms with Crippen molar-refractivity contribution in [2.45, 2.75) is 194 Å². The molecule has 2 amide bonds. The van der Waals surface area contributed by atoms with Crippen LogP contribution >= 0.6 is 0 Å². The number of carbonyl (C=O) groups is 4. The van der Waals surface area contributed by atoms with Gasteiger partial charge < -0.3 is 15.4 Å². The summed E-state index contributed by atoms with van der Waals surface area (Å²) in [5.74, 6) is -0.670. The summed E-state index contributed by atoms with van der Waals surface area (Å²) in [5.41, 5.74) is 0.704. The lowest BCUT2D eigenvalue weighted by molar-refractivity contribution is -0.134. The number of allylic oxidation sites excluding steroid dienone is 36. The van der Waals surface area contributed by atoms with E-state index < -0.39 is 5.97 Å². The second-order valence-electron chi connectivity index (χ2n) is 19.8. The molecule has 0 bridgehead atoms. The largest absolute Gasteiger partial charge is 0.426 e. The number of amides is 2. The zero-order valence-corrected chi connectivity index (χ0v) is 51.9. The first-order valence-electron chi connectivity index (χ1n) is 31.5. The van der Waals surface area contributed by atoms with Crippen molar-refractivity contribution in [1.29, 1.82) is 0 Å². The summed E-state index contributed by atoms with van der Waals surface area (Å²) >= 11 is 0. The number of Topliss-reactive ketones (excluding diaryl/α,β-unsaturated/α-hetero) is 1. The van der Waals surface area contributed by atoms with Crippen molar-refractivity contribution in [3.05, 3.63) is 242 Å². The highest BCUT2D eigenvalue weighted by Crippen LogP contribution is 2.26. The third-order valence-electron chi connectivity index (χ3n) is 12.3. The molecule has 0 aromatic heterocycles. The summed E-state index contributed by atoms with van der Waals surface area (Å²) in [4.78, 5) is 52.3. The molecule has 0 unspecified atom stereocenters. The van der Waals surface area contributed by atoms with Gasteiger partial charge in [-0.2, -0.15) is 0 Å². The van der Waals surface area contributed by atoms with E-state index in [2.05, 4.69) is 226 Å². The molecule has 0 heterocycles. The molecule has 0 aliphatic heterocycles. The fourth-order valence-electron chi connectivity index (χ4n) is 7.72. The van der Waals surface area contributed by atoms with Gasteiger partial charge in [-0.05, 0) is 166 Å². The molecule has 0 aliphatic rings. The minimum Gasteiger partial charge on any atom is -0.426 e. The maximum Gasteiger partial charge on any atom is 0.311 e. The van der Waals surface area contributed by atoms with Gasteiger partial charge in [0.25, 0.3) is 0 Å². The van der Waals surface area contributed by atoms with E-state index in [4.69, 9.17) is 4.74 Å². The molecule has 84 heavy (non-hydrogen) atoms. The average Bonchev–Trinajstić information content (AvgIpc) is 3.69. The van der Waals surface area contributed by atoms with E-state index in [0.29, 0.717) is 50.8 Å². The van der Waals surface area contributed by atoms with Gasteiger partial charge in [0.15, 0.2) is 5.78 Å². The number of ketones is 1. The predicted octanol–water partition coefficient (Wildman–Crippen LogP) is 21.4. The van der Waals surface area contributed by atoms with Crippen molar-refractivity contribution in [2.24, 2.45) is 0 Å². The van der Waals surface area contributed by atoms with Crippen LogP contribution in [-0.2, 0) is 14.4 Å². The van der Waals surface area contributed by atoms with Crippen molar-refractivity contribution in [3.8, 4) is 5.75 Å². The molecule has 0 atom stereocenters. The highest BCUT2D eigenvalue weighted by Gasteiger charge is 2.17. The van der Waals surface area contributed by atoms with Crippen molar-refractivity contribution in [3.63, 3.8) is 0 Å². The van der Waals surface area contributed by atoms with Crippen LogP contribution in [0, 0.1) is 0 Å². The topological polar surface area (TPSA) is 102 Å². The Kier molecular flexibility index (Phi) is 53.5. The van der Waals surface area contributed by atoms with E-state index in [0.717, 1.165) is 116 Å². The number of unbranched alkanes of at least 4 members (excludes halogenated alkanes) is 1. The monoisotopic (exact) mass is 1140 g/mol. The third-order valence-corrected chi connectivity index (χ3v) is 12.3. The van der Waals surface area contributed by atoms with Gasteiger partial charge in [-0.15, -0.1) is 0 Å². The average molecular weight is 1140 g/mol. The molecule has 0 radical (unpaired) electrons. The normalized spacial score (nSPS) is 13.1. The van der Waals surface area contributed by atoms with Gasteiger partial charge in [-0.1, -0.05) is 240 Å². The van der Waals surface area contributed by atoms with Crippen LogP contribution in [0.15, 0.2) is 237 Å². The molecule has 7 nitrogen and oxygen atoms in total. The Morgan fingerprint density at radius 1 is 0.345 bits per heavy atom. The standard InChI is InChI=1S/C77H106N2O5/c1-4-7-10-13-16-19-22-25-28-31-34-37-40-43-46-49-52-55-58-64-75(81)78-69-62-61-63-73(80)72-70-71(79-76(82)65-59-56-53-50-47-44-41-38-35-32-29-26-23-20-17-14-11-8-5-2)67-68-74(72)84-77(83)66-60-57-54-51-48-45-42-39-36-33-30-27-24-21-18-15-12-9-6-3/h7-12,16-21,25-30,34-39,43-48,52-57,67-68,70H,4-6,13-15,22-24,31-33,40-42,49-51,58-66,69H2,1-3H3,(H,78,81)(H,79,82)/b10-7-,11-8-,12-9-,19-16-,20-17-,21-18-,28-25-,29-26-,30-27-,37-34-,38-35-,39-36-,46-43-,47-44-,48-45-,55-52+,56-53+,57-54+. The van der Waals surface area contributed by atoms with E-state index in [1.807, 2.05) is 24.3 Å². The smallest absolute Gasteiger partial charge is 0.311 e. The number of anilines is 1. The molecule has 0 spiro atoms. The molecule has 0 fully saturated rings. The van der Waals surface area contributed by atoms with Crippen LogP contribution in [0.1, 0.15) is 204 Å². The van der Waals surface area contributed by atoms with Gasteiger partial charge in [0.1, 0.15) is 5.75 Å². The molecule has 454 valence electrons. The molecule has 0 saturated carbocycles. The number of nitrogens with one attached hydrogen (secondary N) is 2. The fraction of sp³-hybridized carbons (Fsp3) is 0.403. The van der Waals surface area contributed by atoms with E-state index >= 15 is 0 Å². The number of ether oxygens (including phenoxy) is 1. The number of carbonyl (C=O) groups excluding carboxylic acids is 4. The van der Waals surface area contributed by atoms with E-state index in [1.165, 1.54) is 0 Å². The van der Waals surface area contributed by atoms with E-state index in [1.54, 1.807) is 18.2 Å². The maximum atomic E-state index is 13.7. The highest BCUT2D eigenvalue weighted by molar-refractivity contribution is 6.01. The molecule has 1 rings (SSSR count). The van der Waals surface area contributed by atoms with E-state index in [-0.39, 0.29) is 48.2 Å². The molecule has 7 heteroatoms. The zero-order chi connectivity index (χ0) is 60.5. The second-order valence-corrected chi connectivity index (χ2v) is 19.8. The summed E-state index contributed by atoms with van der Waals surface area (Å²) in [6, 6.07) is 4.85. The third kappa shape index (κ3) is 51.5. The summed E-state index contributed by atoms with van der Waals surface area (Å²) in [6.07, 6.45) is 98.4. The van der Waals surface area contributed by atoms with Gasteiger partial charge >= 0.3 is 5.97 Å². The summed E-state index contributed by atoms with van der Waals surface area (Å²) < 4.78 is 5.77. The Bertz CT molecular complexity index is 2450. The summed E-state index contributed by atoms with van der Waals surface area (Å²) in [6.45, 7) is 6.89. The van der Waals surface area contributed by atoms with Crippen LogP contribution in [0.5, 0.6) is 5.75 Å². The van der Waals surface area contributed by atoms with Crippen LogP contribution < -0.4 is 15.4 Å². The first-order chi connectivity index (χ1) is 41.4. The lowest BCUT2D eigenvalue weighted by atomic mass is 10.0. The Morgan fingerprint density at radius 3 is 0.976 bits per heavy atom. The summed E-state index contributed by atoms with van der Waals surface area (Å²) in [5, 5.41) is 5.89. The van der Waals surface area contributed by atoms with Crippen molar-refractivity contribution >= 4 is 29.3 Å². The molecule has 1 aromatic carbocycles. The van der Waals surface area contributed by atoms with Crippen molar-refractivity contribution < 1.29 is 23.9 Å². The molecular formula is C77H106N2O5. The first kappa shape index (κ1) is 74.6. The van der Waals surface area contributed by atoms with Crippen LogP contribution in [0.4, 0.5) is 5.69 Å². The highest BCUT2D eigenvalue weighted by atomic mass is 16.5. The van der Waals surface area contributed by atoms with Gasteiger partial charge in [0, 0.05) is 37.9 Å². The Labute approximate surface area is 510 Å². The first-order valence-corrected chi connectivity index (χ1v) is 31.5. The molecule has 0 saturated heterocycles. The van der Waals surface area contributed by atoms with Crippen LogP contribution in [0.3, 0.4) is 0 Å². The SMILES string of the molecule is CC/C=C\C/C=C\C/C=C\C/C=C\C/C=C\C/C=C/CCC(=O)NCCCCC(=O)c1cc(NC(=O)CC/C=C/C/C=C\C/C=C\C/C=C\C/C=C\C/C=C\CC)ccc1OC(=O)CC/C=C/C/C=C\C/C=C\C/C=C\C/C=C\C/C=C\CC. The number of hydrogen-bond donors (Lipinski definition) is 2. The minimum atomic E-state index is -0.441. The maximum absolute atomic E-state index is 13.7. The van der Waals surface area contributed by atoms with Gasteiger partial charge in [0.2, 0.25) is 11.8 Å². The number of rotatable bonds is 50. The van der Waals surface area contributed by atoms with Gasteiger partial charge in [-0.25, -0.2) is 0 Å². The number of benzene rings is 1. The van der Waals surface area contributed by atoms with Gasteiger partial charge in [-0.3, -0.25) is 19.2 Å². The zero-order valence-electron chi connectivity index (χ0n) is 51.9. The van der Waals surface area contributed by atoms with Crippen molar-refractivity contribution in [1.82, 2.24) is 5.32 Å².